The van der Waals surface area contributed by atoms with Crippen molar-refractivity contribution in [2.75, 3.05) is 12.4 Å². The van der Waals surface area contributed by atoms with Crippen LogP contribution in [0.5, 0.6) is 0 Å². The van der Waals surface area contributed by atoms with Crippen molar-refractivity contribution in [2.24, 2.45) is 0 Å². The summed E-state index contributed by atoms with van der Waals surface area (Å²) >= 11 is 0.526. The van der Waals surface area contributed by atoms with Crippen molar-refractivity contribution in [3.05, 3.63) is 0 Å². The molecule has 0 saturated carbocycles. The predicted octanol–water partition coefficient (Wildman–Crippen LogP) is 0.192. The van der Waals surface area contributed by atoms with Gasteiger partial charge in [-0.05, 0) is 25.9 Å². The fraction of sp³-hybridized carbons (Fsp3) is 0.700. The van der Waals surface area contributed by atoms with Crippen LogP contribution in [0.4, 0.5) is 0 Å². The van der Waals surface area contributed by atoms with Crippen molar-refractivity contribution in [3.8, 4) is 0 Å². The highest BCUT2D eigenvalue weighted by atomic mass is 32.2. The second kappa shape index (κ2) is 9.72. The number of carbonyl (C=O) groups excluding carboxylic acids is 3. The van der Waals surface area contributed by atoms with Gasteiger partial charge in [0.05, 0.1) is 13.0 Å². The molecule has 0 bridgehead atoms. The van der Waals surface area contributed by atoms with Crippen LogP contribution in [0.2, 0.25) is 0 Å². The van der Waals surface area contributed by atoms with Crippen LogP contribution < -0.4 is 5.32 Å². The number of ether oxygens (including phenoxy) is 2. The van der Waals surface area contributed by atoms with Gasteiger partial charge >= 0.3 is 11.9 Å². The Bertz CT molecular complexity index is 286. The number of nitrogens with one attached hydrogen (secondary N) is 1. The van der Waals surface area contributed by atoms with Crippen LogP contribution in [-0.2, 0) is 23.9 Å². The van der Waals surface area contributed by atoms with E-state index in [0.717, 1.165) is 0 Å². The lowest BCUT2D eigenvalue weighted by Crippen LogP contribution is -2.47. The first kappa shape index (κ1) is 16.7. The fourth-order valence-corrected chi connectivity index (χ4v) is 1.42. The molecule has 2 atom stereocenters. The van der Waals surface area contributed by atoms with E-state index in [-0.39, 0.29) is 18.8 Å². The van der Waals surface area contributed by atoms with E-state index in [9.17, 15) is 14.4 Å². The number of rotatable bonds is 9. The summed E-state index contributed by atoms with van der Waals surface area (Å²) in [6.07, 6.45) is -0.483. The van der Waals surface area contributed by atoms with E-state index in [0.29, 0.717) is 18.5 Å². The highest BCUT2D eigenvalue weighted by molar-refractivity contribution is 7.93. The molecule has 2 unspecified atom stereocenters. The summed E-state index contributed by atoms with van der Waals surface area (Å²) in [5.74, 6) is -1.02. The highest BCUT2D eigenvalue weighted by Crippen LogP contribution is 2.05. The standard InChI is InChI=1S/C10H17NO6S/c1-3-16-10(14)9(11-6-12)7(2)17-8(13)4-5-18-15/h6-7,9,15H,3-5H2,1-2H3,(H,11,12). The van der Waals surface area contributed by atoms with Gasteiger partial charge in [0.25, 0.3) is 0 Å². The zero-order valence-electron chi connectivity index (χ0n) is 10.3. The molecule has 0 rings (SSSR count). The third-order valence-electron chi connectivity index (χ3n) is 1.97. The van der Waals surface area contributed by atoms with Crippen molar-refractivity contribution < 1.29 is 28.4 Å². The van der Waals surface area contributed by atoms with Gasteiger partial charge in [-0.25, -0.2) is 4.79 Å². The zero-order chi connectivity index (χ0) is 14.0. The molecular weight excluding hydrogens is 262 g/mol. The molecule has 0 radical (unpaired) electrons. The highest BCUT2D eigenvalue weighted by Gasteiger charge is 2.28. The first-order chi connectivity index (χ1) is 8.56. The molecule has 0 aliphatic carbocycles. The number of carbonyl (C=O) groups is 3. The van der Waals surface area contributed by atoms with Crippen molar-refractivity contribution in [2.45, 2.75) is 32.4 Å². The normalized spacial score (nSPS) is 13.3. The van der Waals surface area contributed by atoms with Gasteiger partial charge in [-0.2, -0.15) is 0 Å². The van der Waals surface area contributed by atoms with Gasteiger partial charge in [0, 0.05) is 5.75 Å². The minimum absolute atomic E-state index is 0.0160. The SMILES string of the molecule is CCOC(=O)C(NC=O)C(C)OC(=O)CCSO. The van der Waals surface area contributed by atoms with Gasteiger partial charge in [0.2, 0.25) is 6.41 Å². The number of hydrogen-bond acceptors (Lipinski definition) is 7. The molecule has 2 N–H and O–H groups in total. The Hall–Kier alpha value is -1.28. The summed E-state index contributed by atoms with van der Waals surface area (Å²) in [4.78, 5) is 33.2. The van der Waals surface area contributed by atoms with Crippen molar-refractivity contribution >= 4 is 30.4 Å². The molecule has 0 aromatic rings. The monoisotopic (exact) mass is 279 g/mol. The van der Waals surface area contributed by atoms with Crippen LogP contribution in [0.1, 0.15) is 20.3 Å². The minimum atomic E-state index is -1.03. The molecule has 8 heteroatoms. The van der Waals surface area contributed by atoms with Crippen molar-refractivity contribution in [1.29, 1.82) is 0 Å². The summed E-state index contributed by atoms with van der Waals surface area (Å²) < 4.78 is 18.2. The summed E-state index contributed by atoms with van der Waals surface area (Å²) in [7, 11) is 0. The van der Waals surface area contributed by atoms with E-state index < -0.39 is 24.1 Å². The van der Waals surface area contributed by atoms with E-state index in [1.165, 1.54) is 6.92 Å². The quantitative estimate of drug-likeness (QED) is 0.353. The first-order valence-corrected chi connectivity index (χ1v) is 6.33. The number of hydrogen-bond donors (Lipinski definition) is 2. The van der Waals surface area contributed by atoms with E-state index in [4.69, 9.17) is 14.0 Å². The Morgan fingerprint density at radius 2 is 2.17 bits per heavy atom. The van der Waals surface area contributed by atoms with Gasteiger partial charge in [0.1, 0.15) is 6.10 Å². The maximum atomic E-state index is 11.5. The maximum Gasteiger partial charge on any atom is 0.332 e. The minimum Gasteiger partial charge on any atom is -0.464 e. The number of amides is 1. The van der Waals surface area contributed by atoms with E-state index >= 15 is 0 Å². The Morgan fingerprint density at radius 3 is 2.67 bits per heavy atom. The summed E-state index contributed by atoms with van der Waals surface area (Å²) in [5.41, 5.74) is 0. The van der Waals surface area contributed by atoms with Crippen LogP contribution in [0.3, 0.4) is 0 Å². The second-order valence-corrected chi connectivity index (χ2v) is 3.96. The molecule has 0 aromatic heterocycles. The average molecular weight is 279 g/mol. The lowest BCUT2D eigenvalue weighted by molar-refractivity contribution is -0.157. The third-order valence-corrected chi connectivity index (χ3v) is 2.36. The van der Waals surface area contributed by atoms with Crippen LogP contribution in [0.15, 0.2) is 0 Å². The molecule has 18 heavy (non-hydrogen) atoms. The van der Waals surface area contributed by atoms with Crippen LogP contribution in [0.25, 0.3) is 0 Å². The largest absolute Gasteiger partial charge is 0.464 e. The maximum absolute atomic E-state index is 11.5. The molecule has 1 amide bonds. The Morgan fingerprint density at radius 1 is 1.50 bits per heavy atom. The molecule has 104 valence electrons. The van der Waals surface area contributed by atoms with E-state index in [2.05, 4.69) is 5.32 Å². The zero-order valence-corrected chi connectivity index (χ0v) is 11.1. The molecule has 0 spiro atoms. The lowest BCUT2D eigenvalue weighted by Gasteiger charge is -2.21. The molecule has 0 aliphatic heterocycles. The van der Waals surface area contributed by atoms with Crippen LogP contribution in [0, 0.1) is 0 Å². The van der Waals surface area contributed by atoms with E-state index in [1.54, 1.807) is 6.92 Å². The van der Waals surface area contributed by atoms with Gasteiger partial charge < -0.3 is 19.3 Å². The lowest BCUT2D eigenvalue weighted by atomic mass is 10.2. The predicted molar refractivity (Wildman–Crippen MR) is 64.9 cm³/mol. The fourth-order valence-electron chi connectivity index (χ4n) is 1.16. The van der Waals surface area contributed by atoms with Crippen molar-refractivity contribution in [1.82, 2.24) is 5.32 Å². The van der Waals surface area contributed by atoms with Gasteiger partial charge in [-0.15, -0.1) is 0 Å². The van der Waals surface area contributed by atoms with Crippen LogP contribution in [-0.4, -0.2) is 47.4 Å². The Labute approximate surface area is 109 Å². The van der Waals surface area contributed by atoms with Crippen molar-refractivity contribution in [3.63, 3.8) is 0 Å². The Kier molecular flexibility index (Phi) is 9.03. The van der Waals surface area contributed by atoms with Crippen LogP contribution >= 0.6 is 12.0 Å². The molecule has 0 saturated heterocycles. The van der Waals surface area contributed by atoms with Gasteiger partial charge in [-0.1, -0.05) is 0 Å². The molecule has 7 nitrogen and oxygen atoms in total. The van der Waals surface area contributed by atoms with Gasteiger partial charge in [-0.3, -0.25) is 9.59 Å². The summed E-state index contributed by atoms with van der Waals surface area (Å²) in [5, 5.41) is 2.24. The van der Waals surface area contributed by atoms with Gasteiger partial charge in [0.15, 0.2) is 6.04 Å². The smallest absolute Gasteiger partial charge is 0.332 e. The average Bonchev–Trinajstić information content (AvgIpc) is 2.33. The summed E-state index contributed by atoms with van der Waals surface area (Å²) in [6, 6.07) is -1.03. The molecular formula is C10H17NO6S. The molecule has 0 aromatic carbocycles. The number of esters is 2. The first-order valence-electron chi connectivity index (χ1n) is 5.39. The third kappa shape index (κ3) is 6.45. The van der Waals surface area contributed by atoms with E-state index in [1.807, 2.05) is 0 Å². The molecule has 0 heterocycles. The second-order valence-electron chi connectivity index (χ2n) is 3.29. The molecule has 0 fully saturated rings. The Balaban J connectivity index is 4.37. The molecule has 0 aliphatic rings. The topological polar surface area (TPSA) is 102 Å². The summed E-state index contributed by atoms with van der Waals surface area (Å²) in [6.45, 7) is 3.27.